The van der Waals surface area contributed by atoms with Gasteiger partial charge in [0.25, 0.3) is 0 Å². The van der Waals surface area contributed by atoms with Gasteiger partial charge < -0.3 is 15.4 Å². The van der Waals surface area contributed by atoms with Crippen LogP contribution in [0.4, 0.5) is 0 Å². The van der Waals surface area contributed by atoms with Crippen molar-refractivity contribution in [2.24, 2.45) is 11.7 Å². The van der Waals surface area contributed by atoms with E-state index < -0.39 is 0 Å². The lowest BCUT2D eigenvalue weighted by molar-refractivity contribution is 0.206. The molecule has 1 aliphatic rings. The van der Waals surface area contributed by atoms with Gasteiger partial charge in [0.2, 0.25) is 0 Å². The van der Waals surface area contributed by atoms with E-state index in [2.05, 4.69) is 24.1 Å². The molecule has 1 saturated carbocycles. The number of hydrogen-bond donors (Lipinski definition) is 1. The molecule has 3 heteroatoms. The Kier molecular flexibility index (Phi) is 5.23. The molecule has 19 heavy (non-hydrogen) atoms. The fraction of sp³-hybridized carbons (Fsp3) is 0.625. The normalized spacial score (nSPS) is 23.6. The third kappa shape index (κ3) is 4.22. The molecule has 2 unspecified atom stereocenters. The van der Waals surface area contributed by atoms with Gasteiger partial charge in [-0.1, -0.05) is 25.0 Å². The zero-order valence-electron chi connectivity index (χ0n) is 12.1. The molecular weight excluding hydrogens is 236 g/mol. The molecule has 0 saturated heterocycles. The van der Waals surface area contributed by atoms with Gasteiger partial charge >= 0.3 is 0 Å². The summed E-state index contributed by atoms with van der Waals surface area (Å²) >= 11 is 0. The van der Waals surface area contributed by atoms with E-state index in [9.17, 15) is 0 Å². The molecule has 0 aliphatic heterocycles. The number of nitrogens with zero attached hydrogens (tertiary/aromatic N) is 1. The maximum absolute atomic E-state index is 6.22. The summed E-state index contributed by atoms with van der Waals surface area (Å²) < 4.78 is 5.26. The molecule has 2 atom stereocenters. The summed E-state index contributed by atoms with van der Waals surface area (Å²) in [5.41, 5.74) is 7.52. The van der Waals surface area contributed by atoms with Crippen LogP contribution in [0.5, 0.6) is 5.75 Å². The molecule has 0 amide bonds. The van der Waals surface area contributed by atoms with E-state index in [0.717, 1.165) is 18.8 Å². The molecule has 0 radical (unpaired) electrons. The lowest BCUT2D eigenvalue weighted by Gasteiger charge is -2.32. The third-order valence-corrected chi connectivity index (χ3v) is 4.10. The summed E-state index contributed by atoms with van der Waals surface area (Å²) in [5.74, 6) is 1.59. The quantitative estimate of drug-likeness (QED) is 0.886. The lowest BCUT2D eigenvalue weighted by Crippen LogP contribution is -2.39. The number of methoxy groups -OCH3 is 1. The van der Waals surface area contributed by atoms with E-state index >= 15 is 0 Å². The summed E-state index contributed by atoms with van der Waals surface area (Å²) in [6.07, 6.45) is 5.11. The molecular formula is C16H26N2O. The summed E-state index contributed by atoms with van der Waals surface area (Å²) in [6, 6.07) is 8.69. The van der Waals surface area contributed by atoms with Crippen molar-refractivity contribution in [1.82, 2.24) is 4.90 Å². The van der Waals surface area contributed by atoms with Gasteiger partial charge in [-0.2, -0.15) is 0 Å². The molecule has 1 aliphatic carbocycles. The second-order valence-corrected chi connectivity index (χ2v) is 5.76. The first-order valence-corrected chi connectivity index (χ1v) is 7.26. The molecule has 1 fully saturated rings. The number of ether oxygens (including phenoxy) is 1. The maximum Gasteiger partial charge on any atom is 0.119 e. The monoisotopic (exact) mass is 262 g/mol. The van der Waals surface area contributed by atoms with E-state index in [-0.39, 0.29) is 0 Å². The predicted octanol–water partition coefficient (Wildman–Crippen LogP) is 2.64. The third-order valence-electron chi connectivity index (χ3n) is 4.10. The molecule has 0 bridgehead atoms. The average molecular weight is 262 g/mol. The maximum atomic E-state index is 6.22. The van der Waals surface area contributed by atoms with Gasteiger partial charge in [-0.05, 0) is 43.5 Å². The van der Waals surface area contributed by atoms with Crippen molar-refractivity contribution in [3.63, 3.8) is 0 Å². The number of nitrogens with two attached hydrogens (primary N) is 1. The van der Waals surface area contributed by atoms with E-state index in [1.165, 1.54) is 31.2 Å². The second kappa shape index (κ2) is 6.92. The zero-order valence-corrected chi connectivity index (χ0v) is 12.1. The number of hydrogen-bond acceptors (Lipinski definition) is 3. The van der Waals surface area contributed by atoms with Crippen LogP contribution in [0.3, 0.4) is 0 Å². The highest BCUT2D eigenvalue weighted by atomic mass is 16.5. The molecule has 0 heterocycles. The molecule has 0 aromatic heterocycles. The van der Waals surface area contributed by atoms with Gasteiger partial charge in [-0.25, -0.2) is 0 Å². The van der Waals surface area contributed by atoms with Crippen molar-refractivity contribution < 1.29 is 4.74 Å². The van der Waals surface area contributed by atoms with Crippen molar-refractivity contribution in [3.8, 4) is 5.75 Å². The van der Waals surface area contributed by atoms with Crippen LogP contribution in [0.25, 0.3) is 0 Å². The molecule has 1 aromatic rings. The van der Waals surface area contributed by atoms with Gasteiger partial charge in [0.1, 0.15) is 5.75 Å². The minimum Gasteiger partial charge on any atom is -0.497 e. The van der Waals surface area contributed by atoms with E-state index in [0.29, 0.717) is 12.0 Å². The van der Waals surface area contributed by atoms with Crippen molar-refractivity contribution in [1.29, 1.82) is 0 Å². The fourth-order valence-electron chi connectivity index (χ4n) is 3.01. The second-order valence-electron chi connectivity index (χ2n) is 5.76. The molecule has 2 N–H and O–H groups in total. The Morgan fingerprint density at radius 2 is 2.11 bits per heavy atom. The fourth-order valence-corrected chi connectivity index (χ4v) is 3.01. The number of benzene rings is 1. The van der Waals surface area contributed by atoms with Gasteiger partial charge in [-0.3, -0.25) is 0 Å². The first-order chi connectivity index (χ1) is 9.19. The molecule has 0 spiro atoms. The molecule has 3 nitrogen and oxygen atoms in total. The van der Waals surface area contributed by atoms with Crippen LogP contribution < -0.4 is 10.5 Å². The Balaban J connectivity index is 1.87. The number of rotatable bonds is 5. The van der Waals surface area contributed by atoms with Gasteiger partial charge in [0.05, 0.1) is 7.11 Å². The molecule has 2 rings (SSSR count). The Bertz CT molecular complexity index is 394. The van der Waals surface area contributed by atoms with Gasteiger partial charge in [0.15, 0.2) is 0 Å². The smallest absolute Gasteiger partial charge is 0.119 e. The summed E-state index contributed by atoms with van der Waals surface area (Å²) in [7, 11) is 3.89. The van der Waals surface area contributed by atoms with Crippen LogP contribution in [0.2, 0.25) is 0 Å². The van der Waals surface area contributed by atoms with E-state index in [1.807, 2.05) is 12.1 Å². The minimum atomic E-state index is 0.390. The van der Waals surface area contributed by atoms with Crippen molar-refractivity contribution >= 4 is 0 Å². The van der Waals surface area contributed by atoms with Crippen LogP contribution in [0.1, 0.15) is 31.2 Å². The van der Waals surface area contributed by atoms with Crippen LogP contribution in [0.15, 0.2) is 24.3 Å². The Morgan fingerprint density at radius 1 is 1.32 bits per heavy atom. The molecule has 106 valence electrons. The highest BCUT2D eigenvalue weighted by molar-refractivity contribution is 5.28. The van der Waals surface area contributed by atoms with Crippen LogP contribution >= 0.6 is 0 Å². The SMILES string of the molecule is COc1cccc(CN(C)CC2CCCCC2N)c1. The Labute approximate surface area is 116 Å². The van der Waals surface area contributed by atoms with Crippen molar-refractivity contribution in [2.75, 3.05) is 20.7 Å². The Morgan fingerprint density at radius 3 is 2.84 bits per heavy atom. The Hall–Kier alpha value is -1.06. The average Bonchev–Trinajstić information content (AvgIpc) is 2.41. The van der Waals surface area contributed by atoms with Crippen LogP contribution in [-0.4, -0.2) is 31.6 Å². The standard InChI is InChI=1S/C16H26N2O/c1-18(12-14-7-3-4-9-16(14)17)11-13-6-5-8-15(10-13)19-2/h5-6,8,10,14,16H,3-4,7,9,11-12,17H2,1-2H3. The predicted molar refractivity (Wildman–Crippen MR) is 79.3 cm³/mol. The zero-order chi connectivity index (χ0) is 13.7. The lowest BCUT2D eigenvalue weighted by atomic mass is 9.85. The minimum absolute atomic E-state index is 0.390. The first-order valence-electron chi connectivity index (χ1n) is 7.26. The molecule has 1 aromatic carbocycles. The highest BCUT2D eigenvalue weighted by Gasteiger charge is 2.22. The highest BCUT2D eigenvalue weighted by Crippen LogP contribution is 2.24. The summed E-state index contributed by atoms with van der Waals surface area (Å²) in [5, 5.41) is 0. The van der Waals surface area contributed by atoms with Crippen LogP contribution in [-0.2, 0) is 6.54 Å². The first kappa shape index (κ1) is 14.4. The van der Waals surface area contributed by atoms with Crippen LogP contribution in [0, 0.1) is 5.92 Å². The van der Waals surface area contributed by atoms with Crippen molar-refractivity contribution in [3.05, 3.63) is 29.8 Å². The van der Waals surface area contributed by atoms with Gasteiger partial charge in [0, 0.05) is 19.1 Å². The van der Waals surface area contributed by atoms with E-state index in [4.69, 9.17) is 10.5 Å². The van der Waals surface area contributed by atoms with Crippen molar-refractivity contribution in [2.45, 2.75) is 38.3 Å². The largest absolute Gasteiger partial charge is 0.497 e. The topological polar surface area (TPSA) is 38.5 Å². The summed E-state index contributed by atoms with van der Waals surface area (Å²) in [4.78, 5) is 2.38. The van der Waals surface area contributed by atoms with Gasteiger partial charge in [-0.15, -0.1) is 0 Å². The van der Waals surface area contributed by atoms with E-state index in [1.54, 1.807) is 7.11 Å². The summed E-state index contributed by atoms with van der Waals surface area (Å²) in [6.45, 7) is 2.05.